The van der Waals surface area contributed by atoms with Crippen molar-refractivity contribution in [1.82, 2.24) is 8.87 Å². The molecule has 1 aromatic heterocycles. The van der Waals surface area contributed by atoms with Gasteiger partial charge >= 0.3 is 0 Å². The molecule has 0 N–H and O–H groups in total. The standard InChI is InChI=1S/C17H16F2N2O4S/c18-12-3-5-15(19)14(9-12)16(22)11-20-10-13(4-6-17(20)23)26(24,25)21-7-1-2-8-21/h3-6,9-10H,1-2,7-8,11H2. The van der Waals surface area contributed by atoms with Crippen LogP contribution in [0.1, 0.15) is 23.2 Å². The maximum absolute atomic E-state index is 13.7. The number of hydrogen-bond donors (Lipinski definition) is 0. The van der Waals surface area contributed by atoms with Gasteiger partial charge in [0.2, 0.25) is 10.0 Å². The number of benzene rings is 1. The van der Waals surface area contributed by atoms with E-state index in [1.165, 1.54) is 10.4 Å². The summed E-state index contributed by atoms with van der Waals surface area (Å²) >= 11 is 0. The van der Waals surface area contributed by atoms with E-state index < -0.39 is 45.1 Å². The van der Waals surface area contributed by atoms with Crippen LogP contribution >= 0.6 is 0 Å². The van der Waals surface area contributed by atoms with Gasteiger partial charge in [0.05, 0.1) is 17.0 Å². The zero-order valence-corrected chi connectivity index (χ0v) is 14.5. The van der Waals surface area contributed by atoms with Crippen molar-refractivity contribution < 1.29 is 22.0 Å². The van der Waals surface area contributed by atoms with E-state index in [1.54, 1.807) is 0 Å². The van der Waals surface area contributed by atoms with Gasteiger partial charge in [-0.05, 0) is 37.1 Å². The average molecular weight is 382 g/mol. The van der Waals surface area contributed by atoms with Crippen molar-refractivity contribution in [1.29, 1.82) is 0 Å². The number of pyridine rings is 1. The molecule has 0 amide bonds. The Morgan fingerprint density at radius 3 is 2.46 bits per heavy atom. The number of carbonyl (C=O) groups is 1. The Labute approximate surface area is 148 Å². The highest BCUT2D eigenvalue weighted by Crippen LogP contribution is 2.20. The number of halogens is 2. The van der Waals surface area contributed by atoms with Crippen LogP contribution in [0.4, 0.5) is 8.78 Å². The van der Waals surface area contributed by atoms with Crippen molar-refractivity contribution in [3.63, 3.8) is 0 Å². The molecular formula is C17H16F2N2O4S. The second-order valence-electron chi connectivity index (χ2n) is 5.99. The smallest absolute Gasteiger partial charge is 0.251 e. The van der Waals surface area contributed by atoms with Gasteiger partial charge in [-0.1, -0.05) is 0 Å². The van der Waals surface area contributed by atoms with Crippen molar-refractivity contribution in [3.05, 3.63) is 64.1 Å². The Bertz CT molecular complexity index is 1010. The zero-order chi connectivity index (χ0) is 18.9. The number of ketones is 1. The molecule has 138 valence electrons. The van der Waals surface area contributed by atoms with Crippen molar-refractivity contribution in [2.45, 2.75) is 24.3 Å². The lowest BCUT2D eigenvalue weighted by molar-refractivity contribution is 0.0966. The lowest BCUT2D eigenvalue weighted by Crippen LogP contribution is -2.30. The van der Waals surface area contributed by atoms with Crippen molar-refractivity contribution >= 4 is 15.8 Å². The minimum Gasteiger partial charge on any atom is -0.306 e. The summed E-state index contributed by atoms with van der Waals surface area (Å²) in [4.78, 5) is 24.1. The SMILES string of the molecule is O=C(Cn1cc(S(=O)(=O)N2CCCC2)ccc1=O)c1cc(F)ccc1F. The number of carbonyl (C=O) groups excluding carboxylic acids is 1. The zero-order valence-electron chi connectivity index (χ0n) is 13.7. The van der Waals surface area contributed by atoms with E-state index in [-0.39, 0.29) is 4.90 Å². The minimum absolute atomic E-state index is 0.119. The number of rotatable bonds is 5. The normalized spacial score (nSPS) is 15.3. The summed E-state index contributed by atoms with van der Waals surface area (Å²) in [6.45, 7) is 0.201. The van der Waals surface area contributed by atoms with E-state index in [2.05, 4.69) is 0 Å². The summed E-state index contributed by atoms with van der Waals surface area (Å²) in [6.07, 6.45) is 2.58. The number of sulfonamides is 1. The molecule has 0 radical (unpaired) electrons. The second-order valence-corrected chi connectivity index (χ2v) is 7.93. The Morgan fingerprint density at radius 1 is 1.08 bits per heavy atom. The van der Waals surface area contributed by atoms with Gasteiger partial charge in [0.25, 0.3) is 5.56 Å². The molecule has 0 spiro atoms. The van der Waals surface area contributed by atoms with Gasteiger partial charge in [0, 0.05) is 25.4 Å². The first-order valence-electron chi connectivity index (χ1n) is 7.98. The van der Waals surface area contributed by atoms with Gasteiger partial charge in [-0.3, -0.25) is 9.59 Å². The molecule has 1 aromatic carbocycles. The van der Waals surface area contributed by atoms with Crippen LogP contribution in [0.25, 0.3) is 0 Å². The summed E-state index contributed by atoms with van der Waals surface area (Å²) in [5.41, 5.74) is -1.11. The molecule has 6 nitrogen and oxygen atoms in total. The lowest BCUT2D eigenvalue weighted by atomic mass is 10.1. The molecule has 0 unspecified atom stereocenters. The van der Waals surface area contributed by atoms with E-state index in [4.69, 9.17) is 0 Å². The molecule has 0 atom stereocenters. The quantitative estimate of drug-likeness (QED) is 0.739. The predicted octanol–water partition coefficient (Wildman–Crippen LogP) is 1.79. The first-order chi connectivity index (χ1) is 12.3. The molecule has 3 rings (SSSR count). The van der Waals surface area contributed by atoms with Gasteiger partial charge in [-0.2, -0.15) is 4.31 Å². The topological polar surface area (TPSA) is 76.5 Å². The maximum atomic E-state index is 13.7. The van der Waals surface area contributed by atoms with Crippen molar-refractivity contribution in [2.24, 2.45) is 0 Å². The second kappa shape index (κ2) is 7.08. The Morgan fingerprint density at radius 2 is 1.77 bits per heavy atom. The molecule has 1 saturated heterocycles. The third-order valence-corrected chi connectivity index (χ3v) is 6.08. The van der Waals surface area contributed by atoms with E-state index in [9.17, 15) is 26.8 Å². The van der Waals surface area contributed by atoms with E-state index in [1.807, 2.05) is 0 Å². The number of hydrogen-bond acceptors (Lipinski definition) is 4. The highest BCUT2D eigenvalue weighted by molar-refractivity contribution is 7.89. The lowest BCUT2D eigenvalue weighted by Gasteiger charge is -2.16. The summed E-state index contributed by atoms with van der Waals surface area (Å²) in [6, 6.07) is 4.66. The molecule has 0 saturated carbocycles. The number of nitrogens with zero attached hydrogens (tertiary/aromatic N) is 2. The third-order valence-electron chi connectivity index (χ3n) is 4.20. The van der Waals surface area contributed by atoms with E-state index in [0.717, 1.165) is 47.9 Å². The fourth-order valence-corrected chi connectivity index (χ4v) is 4.35. The maximum Gasteiger partial charge on any atom is 0.251 e. The summed E-state index contributed by atoms with van der Waals surface area (Å²) in [5, 5.41) is 0. The van der Waals surface area contributed by atoms with E-state index >= 15 is 0 Å². The molecule has 26 heavy (non-hydrogen) atoms. The van der Waals surface area contributed by atoms with E-state index in [0.29, 0.717) is 13.1 Å². The summed E-state index contributed by atoms with van der Waals surface area (Å²) in [7, 11) is -3.77. The fraction of sp³-hybridized carbons (Fsp3) is 0.294. The Kier molecular flexibility index (Phi) is 5.01. The van der Waals surface area contributed by atoms with Crippen molar-refractivity contribution in [3.8, 4) is 0 Å². The largest absolute Gasteiger partial charge is 0.306 e. The molecule has 0 aliphatic carbocycles. The molecular weight excluding hydrogens is 366 g/mol. The monoisotopic (exact) mass is 382 g/mol. The molecule has 1 aliphatic heterocycles. The molecule has 1 aliphatic rings. The predicted molar refractivity (Wildman–Crippen MR) is 89.4 cm³/mol. The van der Waals surface area contributed by atoms with Crippen LogP contribution in [-0.4, -0.2) is 36.2 Å². The van der Waals surface area contributed by atoms with Gasteiger partial charge in [0.1, 0.15) is 11.6 Å². The first-order valence-corrected chi connectivity index (χ1v) is 9.42. The van der Waals surface area contributed by atoms with Crippen LogP contribution in [0.2, 0.25) is 0 Å². The van der Waals surface area contributed by atoms with Crippen LogP contribution in [0, 0.1) is 11.6 Å². The first kappa shape index (κ1) is 18.4. The third kappa shape index (κ3) is 3.58. The molecule has 2 aromatic rings. The minimum atomic E-state index is -3.77. The van der Waals surface area contributed by atoms with Gasteiger partial charge in [-0.15, -0.1) is 0 Å². The number of aromatic nitrogens is 1. The summed E-state index contributed by atoms with van der Waals surface area (Å²) < 4.78 is 54.3. The van der Waals surface area contributed by atoms with Crippen LogP contribution in [0.5, 0.6) is 0 Å². The highest BCUT2D eigenvalue weighted by Gasteiger charge is 2.28. The Balaban J connectivity index is 1.92. The number of Topliss-reactive ketones (excluding diaryl/α,β-unsaturated/α-hetero) is 1. The molecule has 2 heterocycles. The highest BCUT2D eigenvalue weighted by atomic mass is 32.2. The van der Waals surface area contributed by atoms with Crippen LogP contribution in [0.15, 0.2) is 46.2 Å². The van der Waals surface area contributed by atoms with Crippen molar-refractivity contribution in [2.75, 3.05) is 13.1 Å². The van der Waals surface area contributed by atoms with Gasteiger partial charge in [-0.25, -0.2) is 17.2 Å². The fourth-order valence-electron chi connectivity index (χ4n) is 2.81. The molecule has 1 fully saturated rings. The molecule has 0 bridgehead atoms. The molecule has 9 heteroatoms. The van der Waals surface area contributed by atoms with Crippen LogP contribution in [-0.2, 0) is 16.6 Å². The van der Waals surface area contributed by atoms with Gasteiger partial charge < -0.3 is 4.57 Å². The average Bonchev–Trinajstić information content (AvgIpc) is 3.14. The van der Waals surface area contributed by atoms with Crippen LogP contribution in [0.3, 0.4) is 0 Å². The van der Waals surface area contributed by atoms with Crippen LogP contribution < -0.4 is 5.56 Å². The van der Waals surface area contributed by atoms with Gasteiger partial charge in [0.15, 0.2) is 5.78 Å². The summed E-state index contributed by atoms with van der Waals surface area (Å²) in [5.74, 6) is -2.53. The Hall–Kier alpha value is -2.39.